The van der Waals surface area contributed by atoms with Gasteiger partial charge in [-0.05, 0) is 11.6 Å². The average Bonchev–Trinajstić information content (AvgIpc) is 2.34. The minimum absolute atomic E-state index is 0.0298. The Balaban J connectivity index is 2.60. The van der Waals surface area contributed by atoms with E-state index in [1.54, 1.807) is 18.2 Å². The molecular weight excluding hydrogens is 302 g/mol. The average molecular weight is 317 g/mol. The standard InChI is InChI=1S/C11H15N3O4S2/c1-19(15,16)13-6-7-14-20(17,18)9-11-5-3-2-4-10(11)8-12/h2-5,13-14H,6-7,9H2,1H3. The smallest absolute Gasteiger partial charge is 0.214 e. The molecule has 1 rings (SSSR count). The topological polar surface area (TPSA) is 116 Å². The second kappa shape index (κ2) is 6.81. The highest BCUT2D eigenvalue weighted by atomic mass is 32.2. The van der Waals surface area contributed by atoms with Crippen LogP contribution in [0, 0.1) is 11.3 Å². The number of nitriles is 1. The maximum absolute atomic E-state index is 11.8. The van der Waals surface area contributed by atoms with Gasteiger partial charge in [-0.25, -0.2) is 26.3 Å². The predicted molar refractivity (Wildman–Crippen MR) is 74.6 cm³/mol. The van der Waals surface area contributed by atoms with Crippen LogP contribution in [0.25, 0.3) is 0 Å². The number of nitrogens with one attached hydrogen (secondary N) is 2. The van der Waals surface area contributed by atoms with Gasteiger partial charge in [-0.1, -0.05) is 18.2 Å². The third kappa shape index (κ3) is 6.12. The van der Waals surface area contributed by atoms with Gasteiger partial charge in [-0.2, -0.15) is 5.26 Å². The summed E-state index contributed by atoms with van der Waals surface area (Å²) in [5.41, 5.74) is 0.700. The van der Waals surface area contributed by atoms with Crippen molar-refractivity contribution in [1.29, 1.82) is 5.26 Å². The van der Waals surface area contributed by atoms with Crippen molar-refractivity contribution < 1.29 is 16.8 Å². The van der Waals surface area contributed by atoms with Crippen LogP contribution in [0.1, 0.15) is 11.1 Å². The van der Waals surface area contributed by atoms with E-state index in [2.05, 4.69) is 9.44 Å². The SMILES string of the molecule is CS(=O)(=O)NCCNS(=O)(=O)Cc1ccccc1C#N. The van der Waals surface area contributed by atoms with Crippen LogP contribution in [-0.4, -0.2) is 36.2 Å². The number of hydrogen-bond acceptors (Lipinski definition) is 5. The molecule has 0 saturated heterocycles. The number of rotatable bonds is 7. The Bertz CT molecular complexity index is 705. The Morgan fingerprint density at radius 1 is 1.10 bits per heavy atom. The molecule has 0 fully saturated rings. The van der Waals surface area contributed by atoms with Crippen LogP contribution < -0.4 is 9.44 Å². The molecule has 2 N–H and O–H groups in total. The third-order valence-corrected chi connectivity index (χ3v) is 4.36. The van der Waals surface area contributed by atoms with E-state index in [0.717, 1.165) is 6.26 Å². The van der Waals surface area contributed by atoms with Gasteiger partial charge in [-0.3, -0.25) is 0 Å². The lowest BCUT2D eigenvalue weighted by Gasteiger charge is -2.08. The molecule has 0 heterocycles. The quantitative estimate of drug-likeness (QED) is 0.659. The van der Waals surface area contributed by atoms with Crippen molar-refractivity contribution in [3.05, 3.63) is 35.4 Å². The Morgan fingerprint density at radius 2 is 1.70 bits per heavy atom. The summed E-state index contributed by atoms with van der Waals surface area (Å²) in [5.74, 6) is -0.324. The lowest BCUT2D eigenvalue weighted by atomic mass is 10.1. The van der Waals surface area contributed by atoms with Gasteiger partial charge >= 0.3 is 0 Å². The summed E-state index contributed by atoms with van der Waals surface area (Å²) in [6.45, 7) is -0.0813. The highest BCUT2D eigenvalue weighted by Gasteiger charge is 2.13. The van der Waals surface area contributed by atoms with Crippen molar-refractivity contribution in [3.63, 3.8) is 0 Å². The Kier molecular flexibility index (Phi) is 5.64. The lowest BCUT2D eigenvalue weighted by molar-refractivity contribution is 0.572. The molecule has 0 bridgehead atoms. The lowest BCUT2D eigenvalue weighted by Crippen LogP contribution is -2.34. The molecule has 0 aliphatic heterocycles. The molecule has 0 aliphatic rings. The van der Waals surface area contributed by atoms with Crippen molar-refractivity contribution >= 4 is 20.0 Å². The van der Waals surface area contributed by atoms with Crippen LogP contribution in [0.5, 0.6) is 0 Å². The minimum Gasteiger partial charge on any atom is -0.214 e. The van der Waals surface area contributed by atoms with Gasteiger partial charge in [0.05, 0.1) is 23.6 Å². The molecule has 0 atom stereocenters. The summed E-state index contributed by atoms with van der Waals surface area (Å²) >= 11 is 0. The fraction of sp³-hybridized carbons (Fsp3) is 0.364. The van der Waals surface area contributed by atoms with Crippen molar-refractivity contribution in [2.45, 2.75) is 5.75 Å². The summed E-state index contributed by atoms with van der Waals surface area (Å²) in [5, 5.41) is 8.88. The fourth-order valence-electron chi connectivity index (χ4n) is 1.45. The van der Waals surface area contributed by atoms with Gasteiger partial charge < -0.3 is 0 Å². The van der Waals surface area contributed by atoms with E-state index in [9.17, 15) is 16.8 Å². The zero-order valence-corrected chi connectivity index (χ0v) is 12.5. The minimum atomic E-state index is -3.62. The maximum atomic E-state index is 11.8. The van der Waals surface area contributed by atoms with Gasteiger partial charge in [0.15, 0.2) is 0 Å². The van der Waals surface area contributed by atoms with Crippen LogP contribution >= 0.6 is 0 Å². The molecule has 1 aromatic carbocycles. The van der Waals surface area contributed by atoms with Crippen LogP contribution in [0.2, 0.25) is 0 Å². The molecule has 0 saturated carbocycles. The molecular formula is C11H15N3O4S2. The molecule has 20 heavy (non-hydrogen) atoms. The number of benzene rings is 1. The van der Waals surface area contributed by atoms with E-state index in [4.69, 9.17) is 5.26 Å². The van der Waals surface area contributed by atoms with Gasteiger partial charge in [-0.15, -0.1) is 0 Å². The molecule has 110 valence electrons. The molecule has 0 unspecified atom stereocenters. The number of nitrogens with zero attached hydrogens (tertiary/aromatic N) is 1. The molecule has 0 aliphatic carbocycles. The van der Waals surface area contributed by atoms with E-state index in [1.165, 1.54) is 6.07 Å². The van der Waals surface area contributed by atoms with Gasteiger partial charge in [0.25, 0.3) is 0 Å². The van der Waals surface area contributed by atoms with Crippen LogP contribution in [-0.2, 0) is 25.8 Å². The highest BCUT2D eigenvalue weighted by molar-refractivity contribution is 7.89. The monoisotopic (exact) mass is 317 g/mol. The Hall–Kier alpha value is -1.47. The molecule has 0 amide bonds. The zero-order valence-electron chi connectivity index (χ0n) is 10.8. The van der Waals surface area contributed by atoms with Gasteiger partial charge in [0.1, 0.15) is 0 Å². The highest BCUT2D eigenvalue weighted by Crippen LogP contribution is 2.10. The normalized spacial score (nSPS) is 12.0. The van der Waals surface area contributed by atoms with Crippen LogP contribution in [0.15, 0.2) is 24.3 Å². The van der Waals surface area contributed by atoms with Gasteiger partial charge in [0.2, 0.25) is 20.0 Å². The molecule has 0 spiro atoms. The van der Waals surface area contributed by atoms with Crippen molar-refractivity contribution in [2.75, 3.05) is 19.3 Å². The van der Waals surface area contributed by atoms with Crippen molar-refractivity contribution in [1.82, 2.24) is 9.44 Å². The van der Waals surface area contributed by atoms with Gasteiger partial charge in [0, 0.05) is 13.1 Å². The van der Waals surface area contributed by atoms with E-state index in [-0.39, 0.29) is 18.8 Å². The Morgan fingerprint density at radius 3 is 2.30 bits per heavy atom. The van der Waals surface area contributed by atoms with Crippen LogP contribution in [0.3, 0.4) is 0 Å². The van der Waals surface area contributed by atoms with E-state index in [0.29, 0.717) is 11.1 Å². The molecule has 1 aromatic rings. The molecule has 0 radical (unpaired) electrons. The zero-order chi connectivity index (χ0) is 15.2. The molecule has 9 heteroatoms. The number of sulfonamides is 2. The van der Waals surface area contributed by atoms with Crippen molar-refractivity contribution in [2.24, 2.45) is 0 Å². The predicted octanol–water partition coefficient (Wildman–Crippen LogP) is -0.473. The summed E-state index contributed by atoms with van der Waals surface area (Å²) in [7, 11) is -6.96. The largest absolute Gasteiger partial charge is 0.215 e. The van der Waals surface area contributed by atoms with Crippen LogP contribution in [0.4, 0.5) is 0 Å². The second-order valence-corrected chi connectivity index (χ2v) is 7.73. The first-order valence-corrected chi connectivity index (χ1v) is 9.18. The first-order chi connectivity index (χ1) is 9.23. The summed E-state index contributed by atoms with van der Waals surface area (Å²) in [6, 6.07) is 8.32. The first kappa shape index (κ1) is 16.6. The van der Waals surface area contributed by atoms with E-state index < -0.39 is 20.0 Å². The summed E-state index contributed by atoms with van der Waals surface area (Å²) in [6.07, 6.45) is 0.991. The maximum Gasteiger partial charge on any atom is 0.215 e. The first-order valence-electron chi connectivity index (χ1n) is 5.63. The third-order valence-electron chi connectivity index (χ3n) is 2.29. The van der Waals surface area contributed by atoms with Crippen molar-refractivity contribution in [3.8, 4) is 6.07 Å². The summed E-state index contributed by atoms with van der Waals surface area (Å²) < 4.78 is 49.6. The Labute approximate surface area is 118 Å². The summed E-state index contributed by atoms with van der Waals surface area (Å²) in [4.78, 5) is 0. The number of hydrogen-bond donors (Lipinski definition) is 2. The molecule has 0 aromatic heterocycles. The van der Waals surface area contributed by atoms with E-state index >= 15 is 0 Å². The van der Waals surface area contributed by atoms with E-state index in [1.807, 2.05) is 6.07 Å². The second-order valence-electron chi connectivity index (χ2n) is 4.09. The molecule has 7 nitrogen and oxygen atoms in total. The fourth-order valence-corrected chi connectivity index (χ4v) is 3.10.